The fourth-order valence-corrected chi connectivity index (χ4v) is 2.93. The van der Waals surface area contributed by atoms with Crippen LogP contribution >= 0.6 is 0 Å². The highest BCUT2D eigenvalue weighted by Gasteiger charge is 2.28. The molecule has 3 rings (SSSR count). The van der Waals surface area contributed by atoms with Crippen molar-refractivity contribution in [3.05, 3.63) is 23.8 Å². The van der Waals surface area contributed by atoms with Crippen molar-refractivity contribution in [3.63, 3.8) is 0 Å². The first-order chi connectivity index (χ1) is 9.64. The molecule has 1 N–H and O–H groups in total. The van der Waals surface area contributed by atoms with Gasteiger partial charge in [-0.05, 0) is 32.8 Å². The first-order valence-electron chi connectivity index (χ1n) is 7.39. The van der Waals surface area contributed by atoms with Gasteiger partial charge < -0.3 is 19.5 Å². The molecular formula is C16H23NO3. The van der Waals surface area contributed by atoms with Crippen LogP contribution in [0.4, 0.5) is 0 Å². The number of benzene rings is 1. The lowest BCUT2D eigenvalue weighted by molar-refractivity contribution is -0.0630. The minimum atomic E-state index is -0.0222. The van der Waals surface area contributed by atoms with Crippen molar-refractivity contribution in [2.24, 2.45) is 0 Å². The number of hydrogen-bond acceptors (Lipinski definition) is 4. The van der Waals surface area contributed by atoms with Crippen molar-refractivity contribution in [1.29, 1.82) is 0 Å². The topological polar surface area (TPSA) is 39.7 Å². The van der Waals surface area contributed by atoms with Crippen LogP contribution in [-0.2, 0) is 11.3 Å². The van der Waals surface area contributed by atoms with Gasteiger partial charge >= 0.3 is 0 Å². The molecule has 110 valence electrons. The molecule has 1 aromatic carbocycles. The summed E-state index contributed by atoms with van der Waals surface area (Å²) >= 11 is 0. The molecular weight excluding hydrogens is 254 g/mol. The number of para-hydroxylation sites is 1. The molecule has 0 amide bonds. The van der Waals surface area contributed by atoms with Crippen molar-refractivity contribution in [2.75, 3.05) is 19.8 Å². The highest BCUT2D eigenvalue weighted by molar-refractivity contribution is 5.47. The Morgan fingerprint density at radius 3 is 2.90 bits per heavy atom. The van der Waals surface area contributed by atoms with Crippen LogP contribution in [-0.4, -0.2) is 31.5 Å². The Labute approximate surface area is 120 Å². The molecule has 0 spiro atoms. The first-order valence-corrected chi connectivity index (χ1v) is 7.39. The normalized spacial score (nSPS) is 24.4. The van der Waals surface area contributed by atoms with Gasteiger partial charge in [-0.15, -0.1) is 0 Å². The smallest absolute Gasteiger partial charge is 0.165 e. The summed E-state index contributed by atoms with van der Waals surface area (Å²) in [6.07, 6.45) is 2.11. The molecule has 4 nitrogen and oxygen atoms in total. The first kappa shape index (κ1) is 13.7. The molecule has 1 atom stereocenters. The maximum atomic E-state index is 5.75. The molecule has 4 heteroatoms. The quantitative estimate of drug-likeness (QED) is 0.921. The monoisotopic (exact) mass is 277 g/mol. The Morgan fingerprint density at radius 1 is 1.20 bits per heavy atom. The van der Waals surface area contributed by atoms with Gasteiger partial charge in [0.25, 0.3) is 0 Å². The molecule has 1 fully saturated rings. The van der Waals surface area contributed by atoms with Crippen LogP contribution in [0.2, 0.25) is 0 Å². The molecule has 2 heterocycles. The zero-order chi connectivity index (χ0) is 14.0. The highest BCUT2D eigenvalue weighted by atomic mass is 16.6. The summed E-state index contributed by atoms with van der Waals surface area (Å²) in [5.74, 6) is 1.76. The maximum absolute atomic E-state index is 5.75. The number of ether oxygens (including phenoxy) is 3. The second kappa shape index (κ2) is 5.62. The molecule has 2 aliphatic heterocycles. The van der Waals surface area contributed by atoms with Crippen molar-refractivity contribution in [3.8, 4) is 11.5 Å². The van der Waals surface area contributed by atoms with E-state index in [9.17, 15) is 0 Å². The van der Waals surface area contributed by atoms with E-state index in [2.05, 4.69) is 25.2 Å². The van der Waals surface area contributed by atoms with Gasteiger partial charge in [-0.3, -0.25) is 0 Å². The van der Waals surface area contributed by atoms with E-state index in [1.807, 2.05) is 12.1 Å². The molecule has 0 aliphatic carbocycles. The van der Waals surface area contributed by atoms with Gasteiger partial charge in [0, 0.05) is 24.8 Å². The van der Waals surface area contributed by atoms with Gasteiger partial charge in [0.2, 0.25) is 0 Å². The van der Waals surface area contributed by atoms with Gasteiger partial charge in [0.1, 0.15) is 13.2 Å². The lowest BCUT2D eigenvalue weighted by atomic mass is 9.94. The van der Waals surface area contributed by atoms with Crippen LogP contribution in [0.3, 0.4) is 0 Å². The number of nitrogens with one attached hydrogen (secondary N) is 1. The lowest BCUT2D eigenvalue weighted by Crippen LogP contribution is -2.43. The molecule has 2 aliphatic rings. The van der Waals surface area contributed by atoms with E-state index in [1.54, 1.807) is 0 Å². The van der Waals surface area contributed by atoms with Crippen LogP contribution in [0.1, 0.15) is 32.3 Å². The highest BCUT2D eigenvalue weighted by Crippen LogP contribution is 2.33. The number of rotatable bonds is 3. The Kier molecular flexibility index (Phi) is 3.85. The molecule has 1 saturated heterocycles. The van der Waals surface area contributed by atoms with Gasteiger partial charge in [0.05, 0.1) is 5.60 Å². The standard InChI is InChI=1S/C16H23NO3/c1-16(2)10-13(6-7-20-16)17-11-12-4-3-5-14-15(12)19-9-8-18-14/h3-5,13,17H,6-11H2,1-2H3. The zero-order valence-corrected chi connectivity index (χ0v) is 12.3. The van der Waals surface area contributed by atoms with Crippen LogP contribution in [0.5, 0.6) is 11.5 Å². The molecule has 1 aromatic rings. The van der Waals surface area contributed by atoms with Crippen LogP contribution < -0.4 is 14.8 Å². The average Bonchev–Trinajstić information content (AvgIpc) is 2.44. The van der Waals surface area contributed by atoms with E-state index >= 15 is 0 Å². The average molecular weight is 277 g/mol. The minimum Gasteiger partial charge on any atom is -0.486 e. The predicted octanol–water partition coefficient (Wildman–Crippen LogP) is 2.51. The van der Waals surface area contributed by atoms with Gasteiger partial charge in [-0.1, -0.05) is 12.1 Å². The van der Waals surface area contributed by atoms with Gasteiger partial charge in [0.15, 0.2) is 11.5 Å². The summed E-state index contributed by atoms with van der Waals surface area (Å²) in [5, 5.41) is 3.63. The van der Waals surface area contributed by atoms with E-state index in [0.29, 0.717) is 19.3 Å². The van der Waals surface area contributed by atoms with E-state index < -0.39 is 0 Å². The Bertz CT molecular complexity index is 473. The summed E-state index contributed by atoms with van der Waals surface area (Å²) in [6.45, 7) is 7.22. The second-order valence-corrected chi connectivity index (χ2v) is 6.12. The number of fused-ring (bicyclic) bond motifs is 1. The molecule has 1 unspecified atom stereocenters. The minimum absolute atomic E-state index is 0.0222. The van der Waals surface area contributed by atoms with E-state index in [-0.39, 0.29) is 5.60 Å². The summed E-state index contributed by atoms with van der Waals surface area (Å²) in [7, 11) is 0. The van der Waals surface area contributed by atoms with Crippen LogP contribution in [0.25, 0.3) is 0 Å². The maximum Gasteiger partial charge on any atom is 0.165 e. The third-order valence-corrected chi connectivity index (χ3v) is 3.93. The molecule has 0 saturated carbocycles. The summed E-state index contributed by atoms with van der Waals surface area (Å²) < 4.78 is 17.1. The largest absolute Gasteiger partial charge is 0.486 e. The zero-order valence-electron chi connectivity index (χ0n) is 12.3. The Balaban J connectivity index is 1.64. The van der Waals surface area contributed by atoms with Gasteiger partial charge in [-0.2, -0.15) is 0 Å². The van der Waals surface area contributed by atoms with E-state index in [4.69, 9.17) is 14.2 Å². The number of hydrogen-bond donors (Lipinski definition) is 1. The fourth-order valence-electron chi connectivity index (χ4n) is 2.93. The summed E-state index contributed by atoms with van der Waals surface area (Å²) in [5.41, 5.74) is 1.15. The predicted molar refractivity (Wildman–Crippen MR) is 77.3 cm³/mol. The van der Waals surface area contributed by atoms with Crippen molar-refractivity contribution in [1.82, 2.24) is 5.32 Å². The third kappa shape index (κ3) is 3.07. The summed E-state index contributed by atoms with van der Waals surface area (Å²) in [6, 6.07) is 6.60. The van der Waals surface area contributed by atoms with Crippen molar-refractivity contribution in [2.45, 2.75) is 44.9 Å². The molecule has 0 aromatic heterocycles. The SMILES string of the molecule is CC1(C)CC(NCc2cccc3c2OCCO3)CCO1. The molecule has 0 radical (unpaired) electrons. The van der Waals surface area contributed by atoms with Crippen molar-refractivity contribution >= 4 is 0 Å². The van der Waals surface area contributed by atoms with E-state index in [1.165, 1.54) is 5.56 Å². The van der Waals surface area contributed by atoms with Gasteiger partial charge in [-0.25, -0.2) is 0 Å². The Hall–Kier alpha value is -1.26. The van der Waals surface area contributed by atoms with Crippen LogP contribution in [0.15, 0.2) is 18.2 Å². The fraction of sp³-hybridized carbons (Fsp3) is 0.625. The Morgan fingerprint density at radius 2 is 2.05 bits per heavy atom. The van der Waals surface area contributed by atoms with Crippen molar-refractivity contribution < 1.29 is 14.2 Å². The lowest BCUT2D eigenvalue weighted by Gasteiger charge is -2.36. The molecule has 0 bridgehead atoms. The summed E-state index contributed by atoms with van der Waals surface area (Å²) in [4.78, 5) is 0. The molecule has 20 heavy (non-hydrogen) atoms. The third-order valence-electron chi connectivity index (χ3n) is 3.93. The van der Waals surface area contributed by atoms with E-state index in [0.717, 1.165) is 37.5 Å². The second-order valence-electron chi connectivity index (χ2n) is 6.12. The van der Waals surface area contributed by atoms with Crippen LogP contribution in [0, 0.1) is 0 Å².